The van der Waals surface area contributed by atoms with E-state index in [1.54, 1.807) is 12.1 Å². The lowest BCUT2D eigenvalue weighted by molar-refractivity contribution is 0.599. The summed E-state index contributed by atoms with van der Waals surface area (Å²) in [5, 5.41) is 0.566. The normalized spacial score (nSPS) is 11.8. The molecule has 2 N–H and O–H groups in total. The van der Waals surface area contributed by atoms with Crippen molar-refractivity contribution < 1.29 is 16.8 Å². The molecule has 0 aliphatic carbocycles. The highest BCUT2D eigenvalue weighted by Gasteiger charge is 2.17. The van der Waals surface area contributed by atoms with E-state index in [1.807, 2.05) is 0 Å². The van der Waals surface area contributed by atoms with Gasteiger partial charge in [-0.05, 0) is 54.6 Å². The number of hydrogen-bond donors (Lipinski definition) is 2. The molecule has 146 valence electrons. The number of nitrogens with one attached hydrogen (secondary N) is 2. The van der Waals surface area contributed by atoms with Crippen molar-refractivity contribution in [3.63, 3.8) is 0 Å². The zero-order valence-corrected chi connectivity index (χ0v) is 17.3. The quantitative estimate of drug-likeness (QED) is 0.566. The second-order valence-corrected chi connectivity index (χ2v) is 9.94. The minimum atomic E-state index is -3.88. The molecule has 3 rings (SSSR count). The molecule has 0 amide bonds. The fourth-order valence-electron chi connectivity index (χ4n) is 2.34. The van der Waals surface area contributed by atoms with Crippen LogP contribution in [0.5, 0.6) is 0 Å². The van der Waals surface area contributed by atoms with Gasteiger partial charge >= 0.3 is 0 Å². The van der Waals surface area contributed by atoms with Crippen LogP contribution in [0, 0.1) is 0 Å². The summed E-state index contributed by atoms with van der Waals surface area (Å²) < 4.78 is 54.7. The lowest BCUT2D eigenvalue weighted by atomic mass is 10.3. The molecule has 0 atom stereocenters. The molecule has 3 aromatic rings. The van der Waals surface area contributed by atoms with Gasteiger partial charge in [-0.3, -0.25) is 9.44 Å². The van der Waals surface area contributed by atoms with Crippen LogP contribution in [-0.2, 0) is 20.0 Å². The molecule has 3 aromatic carbocycles. The van der Waals surface area contributed by atoms with Gasteiger partial charge in [0.05, 0.1) is 21.2 Å². The third-order valence-corrected chi connectivity index (χ3v) is 6.81. The number of hydrogen-bond acceptors (Lipinski definition) is 4. The average molecular weight is 457 g/mol. The smallest absolute Gasteiger partial charge is 0.261 e. The number of rotatable bonds is 6. The summed E-state index contributed by atoms with van der Waals surface area (Å²) in [6, 6.07) is 17.5. The Balaban J connectivity index is 1.85. The third kappa shape index (κ3) is 4.96. The van der Waals surface area contributed by atoms with Crippen LogP contribution >= 0.6 is 23.2 Å². The summed E-state index contributed by atoms with van der Waals surface area (Å²) in [5.74, 6) is 0. The summed E-state index contributed by atoms with van der Waals surface area (Å²) in [4.78, 5) is -0.0187. The SMILES string of the molecule is O=S(=O)(Nc1cccc(NS(=O)(=O)c2cccc(Cl)c2)c1)c1cccc(Cl)c1. The molecule has 0 heterocycles. The molecule has 0 aliphatic heterocycles. The standard InChI is InChI=1S/C18H14Cl2N2O4S2/c19-13-4-1-8-17(10-13)27(23,24)21-15-6-3-7-16(12-15)22-28(25,26)18-9-2-5-14(20)11-18/h1-12,21-22H. The van der Waals surface area contributed by atoms with Crippen LogP contribution < -0.4 is 9.44 Å². The molecule has 0 fully saturated rings. The largest absolute Gasteiger partial charge is 0.280 e. The summed E-state index contributed by atoms with van der Waals surface area (Å²) in [6.45, 7) is 0. The molecule has 0 aromatic heterocycles. The maximum Gasteiger partial charge on any atom is 0.261 e. The van der Waals surface area contributed by atoms with Crippen LogP contribution in [0.25, 0.3) is 0 Å². The Hall–Kier alpha value is -2.26. The Morgan fingerprint density at radius 1 is 0.571 bits per heavy atom. The first-order chi connectivity index (χ1) is 13.2. The van der Waals surface area contributed by atoms with Crippen molar-refractivity contribution in [1.29, 1.82) is 0 Å². The van der Waals surface area contributed by atoms with Crippen molar-refractivity contribution in [1.82, 2.24) is 0 Å². The molecule has 0 radical (unpaired) electrons. The van der Waals surface area contributed by atoms with Gasteiger partial charge in [-0.25, -0.2) is 16.8 Å². The summed E-state index contributed by atoms with van der Waals surface area (Å²) in [7, 11) is -7.77. The van der Waals surface area contributed by atoms with Crippen LogP contribution in [-0.4, -0.2) is 16.8 Å². The maximum absolute atomic E-state index is 12.5. The van der Waals surface area contributed by atoms with Gasteiger partial charge in [-0.2, -0.15) is 0 Å². The lowest BCUT2D eigenvalue weighted by Gasteiger charge is -2.12. The lowest BCUT2D eigenvalue weighted by Crippen LogP contribution is -2.15. The van der Waals surface area contributed by atoms with Gasteiger partial charge in [0.2, 0.25) is 0 Å². The molecular weight excluding hydrogens is 443 g/mol. The number of anilines is 2. The third-order valence-electron chi connectivity index (χ3n) is 3.58. The zero-order chi connectivity index (χ0) is 20.4. The van der Waals surface area contributed by atoms with E-state index in [0.29, 0.717) is 0 Å². The average Bonchev–Trinajstić information content (AvgIpc) is 2.61. The van der Waals surface area contributed by atoms with E-state index in [0.717, 1.165) is 0 Å². The first-order valence-corrected chi connectivity index (χ1v) is 11.5. The first kappa shape index (κ1) is 20.5. The summed E-state index contributed by atoms with van der Waals surface area (Å²) >= 11 is 11.7. The van der Waals surface area contributed by atoms with Gasteiger partial charge in [0, 0.05) is 10.0 Å². The molecule has 0 saturated carbocycles. The molecule has 0 saturated heterocycles. The summed E-state index contributed by atoms with van der Waals surface area (Å²) in [5.41, 5.74) is 0.373. The zero-order valence-electron chi connectivity index (χ0n) is 14.1. The van der Waals surface area contributed by atoms with Crippen LogP contribution in [0.1, 0.15) is 0 Å². The maximum atomic E-state index is 12.5. The van der Waals surface area contributed by atoms with Crippen LogP contribution in [0.2, 0.25) is 10.0 Å². The van der Waals surface area contributed by atoms with E-state index in [1.165, 1.54) is 60.7 Å². The minimum Gasteiger partial charge on any atom is -0.280 e. The number of sulfonamides is 2. The van der Waals surface area contributed by atoms with Gasteiger partial charge in [-0.1, -0.05) is 41.4 Å². The Labute approximate surface area is 173 Å². The number of halogens is 2. The molecule has 6 nitrogen and oxygen atoms in total. The van der Waals surface area contributed by atoms with E-state index in [4.69, 9.17) is 23.2 Å². The molecular formula is C18H14Cl2N2O4S2. The molecule has 0 bridgehead atoms. The van der Waals surface area contributed by atoms with Crippen molar-refractivity contribution in [2.24, 2.45) is 0 Å². The van der Waals surface area contributed by atoms with Gasteiger partial charge in [0.1, 0.15) is 0 Å². The van der Waals surface area contributed by atoms with Crippen molar-refractivity contribution in [2.75, 3.05) is 9.44 Å². The van der Waals surface area contributed by atoms with Gasteiger partial charge in [0.25, 0.3) is 20.0 Å². The Kier molecular flexibility index (Phi) is 5.85. The van der Waals surface area contributed by atoms with Crippen molar-refractivity contribution in [3.8, 4) is 0 Å². The van der Waals surface area contributed by atoms with E-state index >= 15 is 0 Å². The second-order valence-electron chi connectivity index (χ2n) is 5.71. The highest BCUT2D eigenvalue weighted by molar-refractivity contribution is 7.93. The van der Waals surface area contributed by atoms with Gasteiger partial charge in [-0.15, -0.1) is 0 Å². The van der Waals surface area contributed by atoms with Crippen LogP contribution in [0.3, 0.4) is 0 Å². The van der Waals surface area contributed by atoms with E-state index < -0.39 is 20.0 Å². The second kappa shape index (κ2) is 8.00. The predicted molar refractivity (Wildman–Crippen MR) is 111 cm³/mol. The molecule has 0 aliphatic rings. The molecule has 28 heavy (non-hydrogen) atoms. The Morgan fingerprint density at radius 2 is 0.964 bits per heavy atom. The topological polar surface area (TPSA) is 92.3 Å². The van der Waals surface area contributed by atoms with E-state index in [2.05, 4.69) is 9.44 Å². The highest BCUT2D eigenvalue weighted by Crippen LogP contribution is 2.24. The van der Waals surface area contributed by atoms with Crippen LogP contribution in [0.4, 0.5) is 11.4 Å². The van der Waals surface area contributed by atoms with E-state index in [-0.39, 0.29) is 31.2 Å². The number of benzene rings is 3. The predicted octanol–water partition coefficient (Wildman–Crippen LogP) is 4.60. The van der Waals surface area contributed by atoms with Crippen molar-refractivity contribution in [3.05, 3.63) is 82.8 Å². The monoisotopic (exact) mass is 456 g/mol. The Bertz CT molecular complexity index is 1140. The van der Waals surface area contributed by atoms with Crippen LogP contribution in [0.15, 0.2) is 82.6 Å². The van der Waals surface area contributed by atoms with Crippen molar-refractivity contribution in [2.45, 2.75) is 9.79 Å². The Morgan fingerprint density at radius 3 is 1.36 bits per heavy atom. The fraction of sp³-hybridized carbons (Fsp3) is 0. The van der Waals surface area contributed by atoms with Gasteiger partial charge in [0.15, 0.2) is 0 Å². The molecule has 10 heteroatoms. The van der Waals surface area contributed by atoms with Gasteiger partial charge < -0.3 is 0 Å². The van der Waals surface area contributed by atoms with E-state index in [9.17, 15) is 16.8 Å². The first-order valence-electron chi connectivity index (χ1n) is 7.83. The molecule has 0 unspecified atom stereocenters. The van der Waals surface area contributed by atoms with Crippen molar-refractivity contribution >= 4 is 54.6 Å². The minimum absolute atomic E-state index is 0.00934. The highest BCUT2D eigenvalue weighted by atomic mass is 35.5. The summed E-state index contributed by atoms with van der Waals surface area (Å²) in [6.07, 6.45) is 0. The fourth-order valence-corrected chi connectivity index (χ4v) is 5.04. The molecule has 0 spiro atoms.